The standard InChI is InChI=1S/C6F13I2P/c7-1(8,3(11,12)5(15,16)17)2(9,10)4(13,14)6(18,19)22(20)21. The Labute approximate surface area is 139 Å². The summed E-state index contributed by atoms with van der Waals surface area (Å²) in [6.07, 6.45) is -7.37. The zero-order valence-corrected chi connectivity index (χ0v) is 14.3. The Morgan fingerprint density at radius 3 is 0.955 bits per heavy atom. The summed E-state index contributed by atoms with van der Waals surface area (Å²) in [4.78, 5) is 0. The minimum Gasteiger partial charge on any atom is -0.193 e. The molecule has 0 aromatic rings. The van der Waals surface area contributed by atoms with Crippen LogP contribution in [0.3, 0.4) is 0 Å². The molecule has 0 saturated carbocycles. The van der Waals surface area contributed by atoms with Gasteiger partial charge in [0.2, 0.25) is 0 Å². The molecule has 0 aliphatic rings. The maximum Gasteiger partial charge on any atom is 0.460 e. The fraction of sp³-hybridized carbons (Fsp3) is 1.00. The van der Waals surface area contributed by atoms with Crippen molar-refractivity contribution >= 4 is 47.3 Å². The summed E-state index contributed by atoms with van der Waals surface area (Å²) in [7, 11) is 0. The lowest BCUT2D eigenvalue weighted by Crippen LogP contribution is -2.69. The minimum atomic E-state index is -7.82. The second-order valence-electron chi connectivity index (χ2n) is 3.57. The van der Waals surface area contributed by atoms with Gasteiger partial charge in [-0.2, -0.15) is 57.1 Å². The van der Waals surface area contributed by atoms with Crippen molar-refractivity contribution in [3.8, 4) is 0 Å². The highest BCUT2D eigenvalue weighted by Gasteiger charge is 2.91. The molecule has 0 amide bonds. The molecule has 0 heterocycles. The Hall–Kier alpha value is 0.980. The van der Waals surface area contributed by atoms with Crippen LogP contribution in [0.5, 0.6) is 0 Å². The Morgan fingerprint density at radius 1 is 0.455 bits per heavy atom. The molecule has 0 rings (SSSR count). The van der Waals surface area contributed by atoms with Gasteiger partial charge in [0.15, 0.2) is 0 Å². The zero-order chi connectivity index (χ0) is 18.6. The maximum atomic E-state index is 13.0. The third-order valence-electron chi connectivity index (χ3n) is 2.13. The van der Waals surface area contributed by atoms with Crippen LogP contribution >= 0.6 is 47.3 Å². The van der Waals surface area contributed by atoms with Gasteiger partial charge in [-0.3, -0.25) is 0 Å². The lowest BCUT2D eigenvalue weighted by Gasteiger charge is -2.40. The van der Waals surface area contributed by atoms with Crippen LogP contribution in [0.25, 0.3) is 0 Å². The van der Waals surface area contributed by atoms with Gasteiger partial charge < -0.3 is 0 Å². The molecular weight excluding hydrogens is 604 g/mol. The molecule has 0 atom stereocenters. The molecule has 0 spiro atoms. The van der Waals surface area contributed by atoms with Crippen molar-refractivity contribution < 1.29 is 57.1 Å². The van der Waals surface area contributed by atoms with E-state index in [0.29, 0.717) is 44.1 Å². The van der Waals surface area contributed by atoms with Crippen LogP contribution in [0, 0.1) is 0 Å². The zero-order valence-electron chi connectivity index (χ0n) is 9.12. The lowest BCUT2D eigenvalue weighted by atomic mass is 9.98. The van der Waals surface area contributed by atoms with Crippen molar-refractivity contribution in [3.05, 3.63) is 0 Å². The van der Waals surface area contributed by atoms with E-state index in [-0.39, 0.29) is 0 Å². The van der Waals surface area contributed by atoms with Crippen LogP contribution in [0.15, 0.2) is 0 Å². The number of rotatable bonds is 5. The van der Waals surface area contributed by atoms with Gasteiger partial charge in [0.25, 0.3) is 0 Å². The molecule has 0 N–H and O–H groups in total. The van der Waals surface area contributed by atoms with Crippen molar-refractivity contribution in [1.82, 2.24) is 0 Å². The number of halogens is 15. The average molecular weight is 604 g/mol. The number of hydrogen-bond acceptors (Lipinski definition) is 0. The molecule has 22 heavy (non-hydrogen) atoms. The van der Waals surface area contributed by atoms with Crippen LogP contribution in [-0.4, -0.2) is 35.5 Å². The smallest absolute Gasteiger partial charge is 0.193 e. The van der Waals surface area contributed by atoms with Crippen LogP contribution < -0.4 is 0 Å². The van der Waals surface area contributed by atoms with E-state index >= 15 is 0 Å². The van der Waals surface area contributed by atoms with Crippen molar-refractivity contribution in [1.29, 1.82) is 0 Å². The fourth-order valence-electron chi connectivity index (χ4n) is 0.867. The van der Waals surface area contributed by atoms with E-state index in [1.54, 1.807) is 0 Å². The Balaban J connectivity index is 6.24. The molecule has 0 aromatic heterocycles. The topological polar surface area (TPSA) is 0 Å². The van der Waals surface area contributed by atoms with Gasteiger partial charge >= 0.3 is 35.5 Å². The molecule has 0 fully saturated rings. The SMILES string of the molecule is FC(F)(F)C(F)(F)C(F)(F)C(F)(F)C(F)(F)C(F)(F)P(I)I. The number of alkyl halides is 13. The summed E-state index contributed by atoms with van der Waals surface area (Å²) < 4.78 is 160. The second kappa shape index (κ2) is 6.05. The van der Waals surface area contributed by atoms with Crippen molar-refractivity contribution in [2.45, 2.75) is 35.5 Å². The van der Waals surface area contributed by atoms with Crippen molar-refractivity contribution in [2.24, 2.45) is 0 Å². The summed E-state index contributed by atoms with van der Waals surface area (Å²) in [5.74, 6) is -30.3. The summed E-state index contributed by atoms with van der Waals surface area (Å²) >= 11 is 0.898. The van der Waals surface area contributed by atoms with Crippen LogP contribution in [0.2, 0.25) is 0 Å². The predicted octanol–water partition coefficient (Wildman–Crippen LogP) is 6.86. The molecule has 0 radical (unpaired) electrons. The van der Waals surface area contributed by atoms with Crippen LogP contribution in [0.1, 0.15) is 0 Å². The van der Waals surface area contributed by atoms with Crippen molar-refractivity contribution in [2.75, 3.05) is 0 Å². The van der Waals surface area contributed by atoms with E-state index in [1.807, 2.05) is 0 Å². The van der Waals surface area contributed by atoms with Gasteiger partial charge in [-0.15, -0.1) is 0 Å². The van der Waals surface area contributed by atoms with Gasteiger partial charge in [0, 0.05) is 0 Å². The molecule has 0 bridgehead atoms. The monoisotopic (exact) mass is 604 g/mol. The van der Waals surface area contributed by atoms with E-state index in [4.69, 9.17) is 0 Å². The van der Waals surface area contributed by atoms with Crippen molar-refractivity contribution in [3.63, 3.8) is 0 Å². The highest BCUT2D eigenvalue weighted by molar-refractivity contribution is 14.3. The summed E-state index contributed by atoms with van der Waals surface area (Å²) in [5.41, 5.74) is -5.95. The van der Waals surface area contributed by atoms with Gasteiger partial charge in [0.05, 0.1) is 0 Å². The second-order valence-corrected chi connectivity index (χ2v) is 15.9. The molecule has 0 aromatic carbocycles. The van der Waals surface area contributed by atoms with E-state index in [1.165, 1.54) is 0 Å². The highest BCUT2D eigenvalue weighted by Crippen LogP contribution is 2.73. The van der Waals surface area contributed by atoms with E-state index in [2.05, 4.69) is 0 Å². The first-order valence-corrected chi connectivity index (χ1v) is 11.2. The predicted molar refractivity (Wildman–Crippen MR) is 65.8 cm³/mol. The molecule has 0 unspecified atom stereocenters. The van der Waals surface area contributed by atoms with Crippen LogP contribution in [-0.2, 0) is 0 Å². The van der Waals surface area contributed by atoms with E-state index in [0.717, 1.165) is 0 Å². The summed E-state index contributed by atoms with van der Waals surface area (Å²) in [6, 6.07) is 0. The first kappa shape index (κ1) is 23.0. The Kier molecular flexibility index (Phi) is 6.32. The van der Waals surface area contributed by atoms with Gasteiger partial charge in [-0.05, 0) is 44.1 Å². The molecule has 0 aliphatic carbocycles. The molecule has 16 heteroatoms. The first-order valence-electron chi connectivity index (χ1n) is 4.27. The third kappa shape index (κ3) is 3.10. The van der Waals surface area contributed by atoms with Crippen LogP contribution in [0.4, 0.5) is 57.1 Å². The lowest BCUT2D eigenvalue weighted by molar-refractivity contribution is -0.433. The number of hydrogen-bond donors (Lipinski definition) is 0. The van der Waals surface area contributed by atoms with E-state index < -0.39 is 38.7 Å². The van der Waals surface area contributed by atoms with Gasteiger partial charge in [-0.1, -0.05) is 0 Å². The maximum absolute atomic E-state index is 13.0. The quantitative estimate of drug-likeness (QED) is 0.183. The largest absolute Gasteiger partial charge is 0.460 e. The average Bonchev–Trinajstić information content (AvgIpc) is 2.25. The molecule has 0 aliphatic heterocycles. The molecular formula is C6F13I2P. The minimum absolute atomic E-state index is 0.449. The summed E-state index contributed by atoms with van der Waals surface area (Å²) in [6.45, 7) is 0. The Morgan fingerprint density at radius 2 is 0.727 bits per heavy atom. The normalized spacial score (nSPS) is 16.4. The van der Waals surface area contributed by atoms with E-state index in [9.17, 15) is 57.1 Å². The highest BCUT2D eigenvalue weighted by atomic mass is 127. The molecule has 0 saturated heterocycles. The Bertz CT molecular complexity index is 413. The first-order chi connectivity index (χ1) is 9.19. The van der Waals surface area contributed by atoms with Gasteiger partial charge in [-0.25, -0.2) is 0 Å². The summed E-state index contributed by atoms with van der Waals surface area (Å²) in [5, 5.41) is 0. The molecule has 134 valence electrons. The fourth-order valence-corrected chi connectivity index (χ4v) is 3.04. The molecule has 0 nitrogen and oxygen atoms in total. The third-order valence-corrected chi connectivity index (χ3v) is 6.47. The van der Waals surface area contributed by atoms with Gasteiger partial charge in [0.1, 0.15) is 3.21 Å².